The number of nitrogens with one attached hydrogen (secondary N) is 2. The van der Waals surface area contributed by atoms with E-state index in [0.717, 1.165) is 44.5 Å². The van der Waals surface area contributed by atoms with Crippen LogP contribution in [0.5, 0.6) is 23.5 Å². The number of halogens is 2. The molecule has 68 heavy (non-hydrogen) atoms. The second-order valence-electron chi connectivity index (χ2n) is 15.4. The lowest BCUT2D eigenvalue weighted by atomic mass is 9.92. The fourth-order valence-electron chi connectivity index (χ4n) is 6.95. The van der Waals surface area contributed by atoms with Gasteiger partial charge in [-0.3, -0.25) is 9.59 Å². The van der Waals surface area contributed by atoms with Crippen LogP contribution in [0, 0.1) is 36.5 Å². The van der Waals surface area contributed by atoms with E-state index in [9.17, 15) is 20.1 Å². The second-order valence-corrected chi connectivity index (χ2v) is 17.1. The fraction of sp³-hybridized carbons (Fsp3) is 0.280. The Labute approximate surface area is 410 Å². The zero-order valence-electron chi connectivity index (χ0n) is 37.4. The molecule has 0 saturated heterocycles. The maximum absolute atomic E-state index is 11.0. The highest BCUT2D eigenvalue weighted by Crippen LogP contribution is 2.35. The fourth-order valence-corrected chi connectivity index (χ4v) is 7.91. The molecule has 0 aliphatic carbocycles. The lowest BCUT2D eigenvalue weighted by Crippen LogP contribution is -2.17. The van der Waals surface area contributed by atoms with Gasteiger partial charge in [0.25, 0.3) is 0 Å². The van der Waals surface area contributed by atoms with Crippen molar-refractivity contribution in [1.82, 2.24) is 30.6 Å². The number of hydrogen-bond acceptors (Lipinski definition) is 14. The number of carboxylic acid groups (broad SMARTS) is 2. The van der Waals surface area contributed by atoms with Crippen molar-refractivity contribution in [2.75, 3.05) is 13.1 Å². The molecule has 350 valence electrons. The van der Waals surface area contributed by atoms with Crippen molar-refractivity contribution >= 4 is 43.8 Å². The number of benzene rings is 2. The largest absolute Gasteiger partial charge is 0.481 e. The van der Waals surface area contributed by atoms with Gasteiger partial charge >= 0.3 is 11.9 Å². The lowest BCUT2D eigenvalue weighted by molar-refractivity contribution is -0.138. The molecule has 0 radical (unpaired) electrons. The van der Waals surface area contributed by atoms with Crippen LogP contribution in [0.3, 0.4) is 0 Å². The van der Waals surface area contributed by atoms with Crippen molar-refractivity contribution in [2.45, 2.75) is 79.0 Å². The van der Waals surface area contributed by atoms with Gasteiger partial charge < -0.3 is 39.8 Å². The molecule has 0 bridgehead atoms. The third-order valence-corrected chi connectivity index (χ3v) is 11.7. The Morgan fingerprint density at radius 2 is 0.956 bits per heavy atom. The molecule has 0 unspecified atom stereocenters. The summed E-state index contributed by atoms with van der Waals surface area (Å²) in [6.45, 7) is 6.30. The standard InChI is InChI=1S/C50H48Br2N8O8/c1-31-33(27-65-49-43(51)21-35(25-55-19-7-17-45(61)62)47(59-49)67-29-39-13-5-11-37(23-53)57-39)9-3-15-41(31)42-16-4-10-34(32(42)2)28-66-50-44(52)22-36(26-56-20-8-18-46(63)64)48(60-50)68-30-40-14-6-12-38(24-54)58-40/h3-6,9-16,21-22,55-56H,7-8,17-20,25-30H2,1-2H3,(H,61,62)(H,63,64). The van der Waals surface area contributed by atoms with Crippen molar-refractivity contribution < 1.29 is 38.7 Å². The highest BCUT2D eigenvalue weighted by Gasteiger charge is 2.18. The maximum atomic E-state index is 11.0. The van der Waals surface area contributed by atoms with Crippen molar-refractivity contribution in [2.24, 2.45) is 0 Å². The summed E-state index contributed by atoms with van der Waals surface area (Å²) >= 11 is 7.26. The molecule has 4 N–H and O–H groups in total. The topological polar surface area (TPSA) is 235 Å². The molecule has 18 heteroatoms. The number of pyridine rings is 4. The number of hydrogen-bond donors (Lipinski definition) is 4. The van der Waals surface area contributed by atoms with E-state index in [-0.39, 0.29) is 50.7 Å². The summed E-state index contributed by atoms with van der Waals surface area (Å²) in [5.41, 5.74) is 9.03. The molecule has 0 aliphatic rings. The van der Waals surface area contributed by atoms with Crippen LogP contribution in [0.2, 0.25) is 0 Å². The van der Waals surface area contributed by atoms with Gasteiger partial charge in [-0.05, 0) is 141 Å². The SMILES string of the molecule is Cc1c(COc2nc(OCc3cccc(C#N)n3)c(CNCCCC(=O)O)cc2Br)cccc1-c1cccc(COc2nc(OCc3cccc(C#N)n3)c(CNCCCC(=O)O)cc2Br)c1C. The summed E-state index contributed by atoms with van der Waals surface area (Å²) in [6.07, 6.45) is 1.03. The molecule has 0 amide bonds. The van der Waals surface area contributed by atoms with E-state index in [1.54, 1.807) is 36.4 Å². The van der Waals surface area contributed by atoms with Crippen LogP contribution in [0.25, 0.3) is 11.1 Å². The first-order chi connectivity index (χ1) is 32.9. The summed E-state index contributed by atoms with van der Waals surface area (Å²) in [4.78, 5) is 40.1. The highest BCUT2D eigenvalue weighted by molar-refractivity contribution is 9.10. The van der Waals surface area contributed by atoms with Crippen LogP contribution < -0.4 is 29.6 Å². The molecule has 0 saturated carbocycles. The molecule has 0 atom stereocenters. The Kier molecular flexibility index (Phi) is 18.7. The van der Waals surface area contributed by atoms with Crippen LogP contribution in [0.1, 0.15) is 81.8 Å². The van der Waals surface area contributed by atoms with Gasteiger partial charge in [0.2, 0.25) is 23.5 Å². The van der Waals surface area contributed by atoms with Crippen LogP contribution in [-0.4, -0.2) is 55.2 Å². The Morgan fingerprint density at radius 1 is 0.559 bits per heavy atom. The predicted molar refractivity (Wildman–Crippen MR) is 258 cm³/mol. The minimum absolute atomic E-state index is 0.0527. The zero-order valence-corrected chi connectivity index (χ0v) is 40.5. The first kappa shape index (κ1) is 50.5. The van der Waals surface area contributed by atoms with Crippen LogP contribution in [-0.2, 0) is 49.1 Å². The lowest BCUT2D eigenvalue weighted by Gasteiger charge is -2.18. The van der Waals surface area contributed by atoms with Gasteiger partial charge in [-0.15, -0.1) is 0 Å². The minimum atomic E-state index is -0.856. The summed E-state index contributed by atoms with van der Waals surface area (Å²) < 4.78 is 26.2. The van der Waals surface area contributed by atoms with Crippen LogP contribution in [0.4, 0.5) is 0 Å². The zero-order chi connectivity index (χ0) is 48.4. The molecule has 4 aromatic heterocycles. The molecule has 4 heterocycles. The van der Waals surface area contributed by atoms with E-state index in [1.165, 1.54) is 0 Å². The number of nitriles is 2. The monoisotopic (exact) mass is 1050 g/mol. The van der Waals surface area contributed by atoms with E-state index in [2.05, 4.69) is 64.6 Å². The summed E-state index contributed by atoms with van der Waals surface area (Å²) in [6, 6.07) is 30.1. The van der Waals surface area contributed by atoms with Crippen molar-refractivity contribution in [3.63, 3.8) is 0 Å². The predicted octanol–water partition coefficient (Wildman–Crippen LogP) is 9.04. The Balaban J connectivity index is 1.17. The van der Waals surface area contributed by atoms with Crippen LogP contribution in [0.15, 0.2) is 93.9 Å². The van der Waals surface area contributed by atoms with Gasteiger partial charge in [0.05, 0.1) is 20.3 Å². The van der Waals surface area contributed by atoms with Gasteiger partial charge in [-0.1, -0.05) is 48.5 Å². The molecule has 0 spiro atoms. The highest BCUT2D eigenvalue weighted by atomic mass is 79.9. The van der Waals surface area contributed by atoms with Crippen molar-refractivity contribution in [1.29, 1.82) is 10.5 Å². The molecule has 6 aromatic rings. The molecule has 0 fully saturated rings. The number of aliphatic carboxylic acids is 2. The van der Waals surface area contributed by atoms with E-state index < -0.39 is 11.9 Å². The Hall–Kier alpha value is -6.96. The molecule has 6 rings (SSSR count). The first-order valence-electron chi connectivity index (χ1n) is 21.6. The van der Waals surface area contributed by atoms with Crippen molar-refractivity contribution in [3.05, 3.63) is 150 Å². The summed E-state index contributed by atoms with van der Waals surface area (Å²) in [7, 11) is 0. The summed E-state index contributed by atoms with van der Waals surface area (Å²) in [5, 5.41) is 43.2. The van der Waals surface area contributed by atoms with Crippen molar-refractivity contribution in [3.8, 4) is 46.8 Å². The van der Waals surface area contributed by atoms with E-state index in [0.29, 0.717) is 82.9 Å². The van der Waals surface area contributed by atoms with Crippen LogP contribution >= 0.6 is 31.9 Å². The Bertz CT molecular complexity index is 2640. The second kappa shape index (κ2) is 25.3. The smallest absolute Gasteiger partial charge is 0.303 e. The maximum Gasteiger partial charge on any atom is 0.303 e. The molecule has 16 nitrogen and oxygen atoms in total. The number of rotatable bonds is 25. The van der Waals surface area contributed by atoms with Gasteiger partial charge in [0.1, 0.15) is 50.0 Å². The number of ether oxygens (including phenoxy) is 4. The third-order valence-electron chi connectivity index (χ3n) is 10.6. The van der Waals surface area contributed by atoms with Gasteiger partial charge in [0.15, 0.2) is 0 Å². The molecular weight excluding hydrogens is 1000 g/mol. The first-order valence-corrected chi connectivity index (χ1v) is 23.2. The van der Waals surface area contributed by atoms with E-state index in [1.807, 2.05) is 62.4 Å². The number of aromatic nitrogens is 4. The number of carboxylic acids is 2. The molecule has 0 aliphatic heterocycles. The third kappa shape index (κ3) is 14.5. The number of carbonyl (C=O) groups is 2. The average Bonchev–Trinajstić information content (AvgIpc) is 3.33. The quantitative estimate of drug-likeness (QED) is 0.0391. The minimum Gasteiger partial charge on any atom is -0.481 e. The molecular formula is C50H48Br2N8O8. The summed E-state index contributed by atoms with van der Waals surface area (Å²) in [5.74, 6) is -0.475. The molecule has 2 aromatic carbocycles. The number of nitrogens with zero attached hydrogens (tertiary/aromatic N) is 6. The van der Waals surface area contributed by atoms with Gasteiger partial charge in [0, 0.05) is 37.1 Å². The Morgan fingerprint density at radius 3 is 1.35 bits per heavy atom. The van der Waals surface area contributed by atoms with E-state index >= 15 is 0 Å². The van der Waals surface area contributed by atoms with Gasteiger partial charge in [-0.2, -0.15) is 20.5 Å². The normalized spacial score (nSPS) is 10.8. The van der Waals surface area contributed by atoms with E-state index in [4.69, 9.17) is 39.1 Å². The average molecular weight is 1050 g/mol. The van der Waals surface area contributed by atoms with Gasteiger partial charge in [-0.25, -0.2) is 9.97 Å².